The summed E-state index contributed by atoms with van der Waals surface area (Å²) in [6, 6.07) is 10.8. The number of hydrogen-bond acceptors (Lipinski definition) is 3. The normalized spacial score (nSPS) is 11.2. The Hall–Kier alpha value is -0.188. The molecule has 0 bridgehead atoms. The van der Waals surface area contributed by atoms with E-state index in [-0.39, 0.29) is 62.0 Å². The van der Waals surface area contributed by atoms with Crippen molar-refractivity contribution in [2.75, 3.05) is 32.1 Å². The minimum atomic E-state index is -3.58. The number of rotatable bonds is 5. The number of fused-ring (bicyclic) bond motifs is 1. The quantitative estimate of drug-likeness (QED) is 0.659. The third kappa shape index (κ3) is 4.17. The van der Waals surface area contributed by atoms with Crippen molar-refractivity contribution in [2.45, 2.75) is 4.90 Å². The van der Waals surface area contributed by atoms with Gasteiger partial charge < -0.3 is 10.6 Å². The van der Waals surface area contributed by atoms with Crippen LogP contribution >= 0.6 is 0 Å². The molecule has 0 fully saturated rings. The molecule has 0 aliphatic rings. The van der Waals surface area contributed by atoms with Crippen molar-refractivity contribution in [1.82, 2.24) is 4.72 Å². The van der Waals surface area contributed by atoms with E-state index in [1.807, 2.05) is 37.2 Å². The van der Waals surface area contributed by atoms with E-state index >= 15 is 0 Å². The minimum absolute atomic E-state index is 0. The summed E-state index contributed by atoms with van der Waals surface area (Å²) in [5.74, 6) is 0. The molecule has 0 aliphatic heterocycles. The molecule has 21 heavy (non-hydrogen) atoms. The smallest absolute Gasteiger partial charge is 0.241 e. The second-order valence-electron chi connectivity index (χ2n) is 4.67. The molecule has 0 saturated heterocycles. The second-order valence-corrected chi connectivity index (χ2v) is 6.41. The summed E-state index contributed by atoms with van der Waals surface area (Å²) >= 11 is 0. The van der Waals surface area contributed by atoms with Gasteiger partial charge >= 0.3 is 0 Å². The average molecular weight is 519 g/mol. The Balaban J connectivity index is 0.00000220. The third-order valence-corrected chi connectivity index (χ3v) is 4.57. The van der Waals surface area contributed by atoms with Gasteiger partial charge in [-0.25, -0.2) is 13.1 Å². The van der Waals surface area contributed by atoms with E-state index in [9.17, 15) is 8.42 Å². The van der Waals surface area contributed by atoms with Gasteiger partial charge in [0, 0.05) is 74.6 Å². The first-order chi connectivity index (χ1) is 9.47. The first kappa shape index (κ1) is 18.9. The molecule has 7 heteroatoms. The summed E-state index contributed by atoms with van der Waals surface area (Å²) in [7, 11) is 0.270. The maximum Gasteiger partial charge on any atom is 0.241 e. The topological polar surface area (TPSA) is 73.2 Å². The van der Waals surface area contributed by atoms with Gasteiger partial charge in [0.15, 0.2) is 0 Å². The molecule has 1 radical (unpaired) electrons. The molecule has 0 saturated carbocycles. The van der Waals surface area contributed by atoms with E-state index in [4.69, 9.17) is 5.73 Å². The number of nitrogens with one attached hydrogen (secondary N) is 2. The fourth-order valence-electron chi connectivity index (χ4n) is 2.15. The first-order valence-corrected chi connectivity index (χ1v) is 7.79. The number of sulfonamides is 1. The van der Waals surface area contributed by atoms with Crippen LogP contribution in [0.15, 0.2) is 41.3 Å². The molecule has 2 aromatic rings. The number of nitrogens with zero attached hydrogens (tertiary/aromatic N) is 1. The molecule has 2 N–H and O–H groups in total. The molecule has 5 nitrogen and oxygen atoms in total. The Morgan fingerprint density at radius 3 is 2.33 bits per heavy atom. The molecular formula is C14H18AcN3O2S-. The second kappa shape index (κ2) is 7.89. The van der Waals surface area contributed by atoms with Crippen LogP contribution in [0.3, 0.4) is 0 Å². The van der Waals surface area contributed by atoms with Gasteiger partial charge in [-0.1, -0.05) is 24.3 Å². The predicted octanol–water partition coefficient (Wildman–Crippen LogP) is 2.24. The molecule has 0 spiro atoms. The van der Waals surface area contributed by atoms with Gasteiger partial charge in [-0.05, 0) is 18.7 Å². The fourth-order valence-corrected chi connectivity index (χ4v) is 3.40. The monoisotopic (exact) mass is 519 g/mol. The molecule has 0 aliphatic carbocycles. The molecule has 0 amide bonds. The molecule has 0 atom stereocenters. The zero-order valence-electron chi connectivity index (χ0n) is 12.1. The summed E-state index contributed by atoms with van der Waals surface area (Å²) in [5.41, 5.74) is 8.04. The Morgan fingerprint density at radius 1 is 1.10 bits per heavy atom. The molecule has 0 aromatic heterocycles. The van der Waals surface area contributed by atoms with Gasteiger partial charge in [0.25, 0.3) is 0 Å². The van der Waals surface area contributed by atoms with Crippen molar-refractivity contribution in [3.8, 4) is 0 Å². The number of benzene rings is 2. The maximum absolute atomic E-state index is 12.3. The van der Waals surface area contributed by atoms with Crippen LogP contribution in [-0.2, 0) is 10.0 Å². The van der Waals surface area contributed by atoms with Gasteiger partial charge in [0.1, 0.15) is 0 Å². The van der Waals surface area contributed by atoms with Crippen molar-refractivity contribution in [2.24, 2.45) is 0 Å². The van der Waals surface area contributed by atoms with Gasteiger partial charge in [0.05, 0.1) is 4.90 Å². The first-order valence-electron chi connectivity index (χ1n) is 6.30. The van der Waals surface area contributed by atoms with Crippen molar-refractivity contribution in [3.63, 3.8) is 0 Å². The van der Waals surface area contributed by atoms with E-state index in [1.54, 1.807) is 18.2 Å². The standard InChI is InChI=1S/C14H18N3O2S.Ac/c1-17(2)13-7-3-6-12-11(13)5-4-8-14(12)20(18,19)16-10-9-15;/h3-8,15-16H,9-10H2,1-2H3;/q-1;. The zero-order valence-corrected chi connectivity index (χ0v) is 17.7. The van der Waals surface area contributed by atoms with Crippen LogP contribution in [-0.4, -0.2) is 35.6 Å². The van der Waals surface area contributed by atoms with Crippen molar-refractivity contribution < 1.29 is 52.5 Å². The van der Waals surface area contributed by atoms with Crippen molar-refractivity contribution >= 4 is 26.5 Å². The van der Waals surface area contributed by atoms with Crippen LogP contribution in [0.2, 0.25) is 0 Å². The Bertz CT molecular complexity index is 717. The van der Waals surface area contributed by atoms with Crippen LogP contribution in [0.1, 0.15) is 0 Å². The number of hydrogen-bond donors (Lipinski definition) is 1. The van der Waals surface area contributed by atoms with Gasteiger partial charge in [-0.15, -0.1) is 6.54 Å². The Labute approximate surface area is 161 Å². The average Bonchev–Trinajstić information content (AvgIpc) is 2.43. The summed E-state index contributed by atoms with van der Waals surface area (Å²) in [4.78, 5) is 2.21. The van der Waals surface area contributed by atoms with Crippen molar-refractivity contribution in [3.05, 3.63) is 42.1 Å². The van der Waals surface area contributed by atoms with Crippen LogP contribution < -0.4 is 9.62 Å². The molecule has 0 unspecified atom stereocenters. The SMILES string of the molecule is CN(C)c1cccc2c(S(=O)(=O)NCC[NH-])cccc12.[Ac]. The largest absolute Gasteiger partial charge is 0.676 e. The van der Waals surface area contributed by atoms with Gasteiger partial charge in [0.2, 0.25) is 10.0 Å². The molecule has 2 rings (SSSR count). The summed E-state index contributed by atoms with van der Waals surface area (Å²) in [5, 5.41) is 1.59. The van der Waals surface area contributed by atoms with E-state index in [2.05, 4.69) is 4.72 Å². The van der Waals surface area contributed by atoms with Crippen molar-refractivity contribution in [1.29, 1.82) is 0 Å². The Kier molecular flexibility index (Phi) is 7.08. The predicted molar refractivity (Wildman–Crippen MR) is 82.7 cm³/mol. The fraction of sp³-hybridized carbons (Fsp3) is 0.286. The van der Waals surface area contributed by atoms with Crippen LogP contribution in [0.25, 0.3) is 16.5 Å². The van der Waals surface area contributed by atoms with E-state index in [0.29, 0.717) is 5.39 Å². The minimum Gasteiger partial charge on any atom is -0.676 e. The molecule has 2 aromatic carbocycles. The molecule has 0 heterocycles. The maximum atomic E-state index is 12.3. The van der Waals surface area contributed by atoms with E-state index < -0.39 is 10.0 Å². The van der Waals surface area contributed by atoms with Crippen LogP contribution in [0.4, 0.5) is 5.69 Å². The van der Waals surface area contributed by atoms with E-state index in [1.165, 1.54) is 0 Å². The summed E-state index contributed by atoms with van der Waals surface area (Å²) < 4.78 is 27.0. The molecule has 111 valence electrons. The van der Waals surface area contributed by atoms with Gasteiger partial charge in [-0.3, -0.25) is 0 Å². The van der Waals surface area contributed by atoms with Crippen LogP contribution in [0.5, 0.6) is 0 Å². The van der Waals surface area contributed by atoms with Crippen LogP contribution in [0, 0.1) is 44.1 Å². The number of anilines is 1. The van der Waals surface area contributed by atoms with Gasteiger partial charge in [-0.2, -0.15) is 0 Å². The third-order valence-electron chi connectivity index (χ3n) is 3.05. The summed E-state index contributed by atoms with van der Waals surface area (Å²) in [6.45, 7) is 0.138. The van der Waals surface area contributed by atoms with E-state index in [0.717, 1.165) is 11.1 Å². The molecular weight excluding hydrogens is 501 g/mol. The Morgan fingerprint density at radius 2 is 1.71 bits per heavy atom. The summed E-state index contributed by atoms with van der Waals surface area (Å²) in [6.07, 6.45) is 0. The zero-order chi connectivity index (χ0) is 14.8.